The van der Waals surface area contributed by atoms with E-state index in [1.165, 1.54) is 5.56 Å². The second kappa shape index (κ2) is 7.20. The van der Waals surface area contributed by atoms with Gasteiger partial charge in [0, 0.05) is 18.5 Å². The van der Waals surface area contributed by atoms with Gasteiger partial charge in [-0.25, -0.2) is 4.98 Å². The highest BCUT2D eigenvalue weighted by atomic mass is 32.1. The molecule has 106 valence electrons. The standard InChI is InChI=1S/C16H20N2OS/c1-3-18(10-9-14-7-5-4-6-8-14)16(19)11-15-12-20-13(2)17-15/h4-8,12H,3,9-11H2,1-2H3. The summed E-state index contributed by atoms with van der Waals surface area (Å²) in [6, 6.07) is 10.3. The van der Waals surface area contributed by atoms with Crippen LogP contribution in [0.1, 0.15) is 23.2 Å². The first-order valence-corrected chi connectivity index (χ1v) is 7.79. The summed E-state index contributed by atoms with van der Waals surface area (Å²) in [6.45, 7) is 5.50. The fraction of sp³-hybridized carbons (Fsp3) is 0.375. The second-order valence-electron chi connectivity index (χ2n) is 4.74. The molecule has 0 spiro atoms. The Bertz CT molecular complexity index is 551. The lowest BCUT2D eigenvalue weighted by Gasteiger charge is -2.20. The van der Waals surface area contributed by atoms with Crippen molar-refractivity contribution in [3.8, 4) is 0 Å². The lowest BCUT2D eigenvalue weighted by atomic mass is 10.1. The maximum atomic E-state index is 12.3. The van der Waals surface area contributed by atoms with Crippen LogP contribution in [0.5, 0.6) is 0 Å². The van der Waals surface area contributed by atoms with Crippen molar-refractivity contribution in [3.63, 3.8) is 0 Å². The summed E-state index contributed by atoms with van der Waals surface area (Å²) in [7, 11) is 0. The van der Waals surface area contributed by atoms with Gasteiger partial charge in [-0.15, -0.1) is 11.3 Å². The Labute approximate surface area is 124 Å². The average molecular weight is 288 g/mol. The van der Waals surface area contributed by atoms with Crippen LogP contribution in [-0.2, 0) is 17.6 Å². The van der Waals surface area contributed by atoms with E-state index in [-0.39, 0.29) is 5.91 Å². The molecule has 0 saturated heterocycles. The fourth-order valence-electron chi connectivity index (χ4n) is 2.12. The summed E-state index contributed by atoms with van der Waals surface area (Å²) in [4.78, 5) is 18.5. The van der Waals surface area contributed by atoms with Crippen LogP contribution >= 0.6 is 11.3 Å². The van der Waals surface area contributed by atoms with Gasteiger partial charge in [-0.1, -0.05) is 30.3 Å². The van der Waals surface area contributed by atoms with Crippen LogP contribution < -0.4 is 0 Å². The first kappa shape index (κ1) is 14.7. The van der Waals surface area contributed by atoms with Crippen LogP contribution in [0.2, 0.25) is 0 Å². The van der Waals surface area contributed by atoms with Crippen molar-refractivity contribution in [3.05, 3.63) is 52.0 Å². The third-order valence-electron chi connectivity index (χ3n) is 3.25. The molecule has 0 fully saturated rings. The monoisotopic (exact) mass is 288 g/mol. The van der Waals surface area contributed by atoms with Gasteiger partial charge in [0.2, 0.25) is 5.91 Å². The minimum atomic E-state index is 0.161. The quantitative estimate of drug-likeness (QED) is 0.818. The number of nitrogens with zero attached hydrogens (tertiary/aromatic N) is 2. The maximum Gasteiger partial charge on any atom is 0.228 e. The molecule has 0 unspecified atom stereocenters. The van der Waals surface area contributed by atoms with Gasteiger partial charge in [0.05, 0.1) is 17.1 Å². The molecule has 1 aromatic heterocycles. The number of carbonyl (C=O) groups excluding carboxylic acids is 1. The lowest BCUT2D eigenvalue weighted by molar-refractivity contribution is -0.130. The predicted molar refractivity (Wildman–Crippen MR) is 83.0 cm³/mol. The van der Waals surface area contributed by atoms with Gasteiger partial charge in [0.15, 0.2) is 0 Å². The summed E-state index contributed by atoms with van der Waals surface area (Å²) in [5.74, 6) is 0.161. The van der Waals surface area contributed by atoms with Crippen molar-refractivity contribution >= 4 is 17.2 Å². The molecular formula is C16H20N2OS. The maximum absolute atomic E-state index is 12.3. The van der Waals surface area contributed by atoms with E-state index in [1.54, 1.807) is 11.3 Å². The van der Waals surface area contributed by atoms with Crippen molar-refractivity contribution in [1.82, 2.24) is 9.88 Å². The fourth-order valence-corrected chi connectivity index (χ4v) is 2.74. The van der Waals surface area contributed by atoms with Crippen molar-refractivity contribution in [2.24, 2.45) is 0 Å². The van der Waals surface area contributed by atoms with Crippen LogP contribution in [0, 0.1) is 6.92 Å². The van der Waals surface area contributed by atoms with E-state index in [1.807, 2.05) is 42.3 Å². The Morgan fingerprint density at radius 1 is 1.30 bits per heavy atom. The minimum Gasteiger partial charge on any atom is -0.342 e. The molecule has 0 aliphatic carbocycles. The van der Waals surface area contributed by atoms with E-state index in [4.69, 9.17) is 0 Å². The third kappa shape index (κ3) is 4.17. The third-order valence-corrected chi connectivity index (χ3v) is 4.07. The van der Waals surface area contributed by atoms with E-state index in [9.17, 15) is 4.79 Å². The molecule has 2 rings (SSSR count). The highest BCUT2D eigenvalue weighted by Crippen LogP contribution is 2.10. The molecule has 1 heterocycles. The number of amides is 1. The van der Waals surface area contributed by atoms with Crippen LogP contribution in [0.15, 0.2) is 35.7 Å². The summed E-state index contributed by atoms with van der Waals surface area (Å²) >= 11 is 1.59. The van der Waals surface area contributed by atoms with Crippen molar-refractivity contribution in [2.75, 3.05) is 13.1 Å². The molecule has 0 aliphatic rings. The summed E-state index contributed by atoms with van der Waals surface area (Å²) in [6.07, 6.45) is 1.31. The molecule has 1 aromatic carbocycles. The molecular weight excluding hydrogens is 268 g/mol. The van der Waals surface area contributed by atoms with Gasteiger partial charge in [0.25, 0.3) is 0 Å². The van der Waals surface area contributed by atoms with Crippen molar-refractivity contribution in [2.45, 2.75) is 26.7 Å². The zero-order valence-corrected chi connectivity index (χ0v) is 12.8. The SMILES string of the molecule is CCN(CCc1ccccc1)C(=O)Cc1csc(C)n1. The average Bonchev–Trinajstić information content (AvgIpc) is 2.86. The normalized spacial score (nSPS) is 10.5. The van der Waals surface area contributed by atoms with Crippen LogP contribution in [0.25, 0.3) is 0 Å². The number of aromatic nitrogens is 1. The van der Waals surface area contributed by atoms with E-state index >= 15 is 0 Å². The molecule has 0 aliphatic heterocycles. The summed E-state index contributed by atoms with van der Waals surface area (Å²) < 4.78 is 0. The van der Waals surface area contributed by atoms with Crippen LogP contribution in [-0.4, -0.2) is 28.9 Å². The predicted octanol–water partition coefficient (Wildman–Crippen LogP) is 3.09. The number of thiazole rings is 1. The Balaban J connectivity index is 1.89. The number of hydrogen-bond acceptors (Lipinski definition) is 3. The second-order valence-corrected chi connectivity index (χ2v) is 5.81. The number of likely N-dealkylation sites (N-methyl/N-ethyl adjacent to an activating group) is 1. The number of benzene rings is 1. The zero-order chi connectivity index (χ0) is 14.4. The summed E-state index contributed by atoms with van der Waals surface area (Å²) in [5.41, 5.74) is 2.15. The molecule has 0 N–H and O–H groups in total. The van der Waals surface area contributed by atoms with E-state index in [0.717, 1.165) is 30.2 Å². The topological polar surface area (TPSA) is 33.2 Å². The Hall–Kier alpha value is -1.68. The molecule has 0 saturated carbocycles. The van der Waals surface area contributed by atoms with E-state index < -0.39 is 0 Å². The highest BCUT2D eigenvalue weighted by Gasteiger charge is 2.13. The van der Waals surface area contributed by atoms with E-state index in [0.29, 0.717) is 6.42 Å². The van der Waals surface area contributed by atoms with Crippen molar-refractivity contribution < 1.29 is 4.79 Å². The minimum absolute atomic E-state index is 0.161. The van der Waals surface area contributed by atoms with Crippen LogP contribution in [0.4, 0.5) is 0 Å². The van der Waals surface area contributed by atoms with Gasteiger partial charge in [-0.05, 0) is 25.8 Å². The number of aryl methyl sites for hydroxylation is 1. The molecule has 4 heteroatoms. The number of rotatable bonds is 6. The molecule has 0 bridgehead atoms. The van der Waals surface area contributed by atoms with Gasteiger partial charge < -0.3 is 4.90 Å². The Morgan fingerprint density at radius 2 is 2.05 bits per heavy atom. The smallest absolute Gasteiger partial charge is 0.228 e. The largest absolute Gasteiger partial charge is 0.342 e. The van der Waals surface area contributed by atoms with Gasteiger partial charge >= 0.3 is 0 Å². The molecule has 2 aromatic rings. The van der Waals surface area contributed by atoms with Gasteiger partial charge in [0.1, 0.15) is 0 Å². The summed E-state index contributed by atoms with van der Waals surface area (Å²) in [5, 5.41) is 2.98. The molecule has 20 heavy (non-hydrogen) atoms. The van der Waals surface area contributed by atoms with E-state index in [2.05, 4.69) is 17.1 Å². The van der Waals surface area contributed by atoms with Gasteiger partial charge in [-0.2, -0.15) is 0 Å². The Morgan fingerprint density at radius 3 is 2.65 bits per heavy atom. The van der Waals surface area contributed by atoms with Crippen molar-refractivity contribution in [1.29, 1.82) is 0 Å². The van der Waals surface area contributed by atoms with Gasteiger partial charge in [-0.3, -0.25) is 4.79 Å². The Kier molecular flexibility index (Phi) is 5.30. The first-order chi connectivity index (χ1) is 9.69. The molecule has 0 atom stereocenters. The molecule has 0 radical (unpaired) electrons. The lowest BCUT2D eigenvalue weighted by Crippen LogP contribution is -2.34. The van der Waals surface area contributed by atoms with Crippen LogP contribution in [0.3, 0.4) is 0 Å². The number of hydrogen-bond donors (Lipinski definition) is 0. The highest BCUT2D eigenvalue weighted by molar-refractivity contribution is 7.09. The molecule has 1 amide bonds. The first-order valence-electron chi connectivity index (χ1n) is 6.91. The number of carbonyl (C=O) groups is 1. The molecule has 3 nitrogen and oxygen atoms in total. The zero-order valence-electron chi connectivity index (χ0n) is 12.0.